The number of benzene rings is 1. The Labute approximate surface area is 245 Å². The molecule has 4 rings (SSSR count). The molecule has 0 spiro atoms. The summed E-state index contributed by atoms with van der Waals surface area (Å²) < 4.78 is 0. The number of halogens is 1. The van der Waals surface area contributed by atoms with E-state index in [4.69, 9.17) is 21.8 Å². The van der Waals surface area contributed by atoms with Gasteiger partial charge in [0.05, 0.1) is 42.2 Å². The van der Waals surface area contributed by atoms with Crippen LogP contribution >= 0.6 is 23.4 Å². The van der Waals surface area contributed by atoms with Crippen molar-refractivity contribution in [2.24, 2.45) is 0 Å². The quantitative estimate of drug-likeness (QED) is 0.251. The van der Waals surface area contributed by atoms with E-state index in [-0.39, 0.29) is 0 Å². The molecule has 14 heteroatoms. The Balaban J connectivity index is 0.000000304. The van der Waals surface area contributed by atoms with Crippen LogP contribution in [0.25, 0.3) is 0 Å². The molecule has 1 unspecified atom stereocenters. The Bertz CT molecular complexity index is 1200. The molecule has 1 fully saturated rings. The topological polar surface area (TPSA) is 192 Å². The average molecular weight is 607 g/mol. The number of aliphatic carboxylic acids is 4. The van der Waals surface area contributed by atoms with E-state index in [1.54, 1.807) is 16.7 Å². The first-order valence-electron chi connectivity index (χ1n) is 12.7. The van der Waals surface area contributed by atoms with Gasteiger partial charge in [0.25, 0.3) is 0 Å². The summed E-state index contributed by atoms with van der Waals surface area (Å²) in [7, 11) is 0. The summed E-state index contributed by atoms with van der Waals surface area (Å²) in [6, 6.07) is 10.4. The fourth-order valence-electron chi connectivity index (χ4n) is 4.00. The van der Waals surface area contributed by atoms with Gasteiger partial charge in [-0.25, -0.2) is 14.6 Å². The number of nitrogens with one attached hydrogen (secondary N) is 1. The molecular formula is C27H31ClN4O8S. The highest BCUT2D eigenvalue weighted by molar-refractivity contribution is 7.99. The maximum atomic E-state index is 9.53. The van der Waals surface area contributed by atoms with Crippen molar-refractivity contribution in [3.05, 3.63) is 65.9 Å². The second kappa shape index (κ2) is 17.7. The van der Waals surface area contributed by atoms with E-state index < -0.39 is 23.9 Å². The van der Waals surface area contributed by atoms with Crippen molar-refractivity contribution >= 4 is 58.7 Å². The highest BCUT2D eigenvalue weighted by atomic mass is 35.5. The molecular weight excluding hydrogens is 576 g/mol. The summed E-state index contributed by atoms with van der Waals surface area (Å²) in [5.74, 6) is -4.52. The van der Waals surface area contributed by atoms with E-state index in [9.17, 15) is 29.4 Å². The van der Waals surface area contributed by atoms with Crippen molar-refractivity contribution in [1.82, 2.24) is 4.98 Å². The highest BCUT2D eigenvalue weighted by Gasteiger charge is 2.25. The fourth-order valence-corrected chi connectivity index (χ4v) is 5.35. The molecule has 0 amide bonds. The molecule has 2 aliphatic rings. The fraction of sp³-hybridized carbons (Fsp3) is 0.296. The molecule has 1 aromatic heterocycles. The Morgan fingerprint density at radius 2 is 1.68 bits per heavy atom. The number of pyridine rings is 1. The summed E-state index contributed by atoms with van der Waals surface area (Å²) in [4.78, 5) is 49.2. The van der Waals surface area contributed by atoms with Crippen LogP contribution in [0.1, 0.15) is 12.8 Å². The van der Waals surface area contributed by atoms with E-state index in [0.29, 0.717) is 24.3 Å². The summed E-state index contributed by atoms with van der Waals surface area (Å²) in [5, 5.41) is 37.7. The van der Waals surface area contributed by atoms with Crippen molar-refractivity contribution in [1.29, 1.82) is 0 Å². The van der Waals surface area contributed by atoms with Gasteiger partial charge in [-0.1, -0.05) is 23.4 Å². The predicted molar refractivity (Wildman–Crippen MR) is 147 cm³/mol. The van der Waals surface area contributed by atoms with Crippen LogP contribution in [-0.4, -0.2) is 78.3 Å². The molecule has 1 atom stereocenters. The minimum atomic E-state index is -1.51. The SMILES string of the molecule is Clc1ccc2c(c1)Sc1cccnc1N2CCC[NH+]1CCC[NH2+]CC1.O=C([O-])/C=C/C(=O)O.O=C([O-])/C=C/C(=O)O. The Kier molecular flexibility index (Phi) is 14.4. The molecule has 2 aromatic rings. The number of carbonyl (C=O) groups excluding carboxylic acids is 2. The molecule has 41 heavy (non-hydrogen) atoms. The van der Waals surface area contributed by atoms with Gasteiger partial charge in [0.1, 0.15) is 18.9 Å². The van der Waals surface area contributed by atoms with Gasteiger partial charge in [-0.15, -0.1) is 0 Å². The van der Waals surface area contributed by atoms with Gasteiger partial charge in [0.2, 0.25) is 0 Å². The summed E-state index contributed by atoms with van der Waals surface area (Å²) >= 11 is 7.99. The standard InChI is InChI=1S/C19H23ClN4S.2C4H4O4/c20-15-5-6-16-18(14-15)25-17-4-1-8-22-19(17)24(16)12-3-11-23-10-2-7-21-9-13-23;2*5-3(6)1-2-4(7)8/h1,4-6,8,14,21H,2-3,7,9-13H2;2*1-2H,(H,5,6)(H,7,8)/b;2*2-1+. The maximum absolute atomic E-state index is 9.53. The lowest BCUT2D eigenvalue weighted by molar-refractivity contribution is -0.904. The first-order chi connectivity index (χ1) is 19.6. The molecule has 1 aromatic carbocycles. The van der Waals surface area contributed by atoms with E-state index in [2.05, 4.69) is 33.4 Å². The maximum Gasteiger partial charge on any atom is 0.328 e. The largest absolute Gasteiger partial charge is 0.545 e. The third-order valence-corrected chi connectivity index (χ3v) is 7.04. The number of carboxylic acid groups (broad SMARTS) is 4. The summed E-state index contributed by atoms with van der Waals surface area (Å²) in [6.07, 6.45) is 6.29. The number of nitrogens with two attached hydrogens (primary N) is 1. The van der Waals surface area contributed by atoms with Crippen LogP contribution in [0.4, 0.5) is 11.5 Å². The van der Waals surface area contributed by atoms with Gasteiger partial charge < -0.3 is 45.1 Å². The lowest BCUT2D eigenvalue weighted by atomic mass is 10.2. The number of fused-ring (bicyclic) bond motifs is 2. The van der Waals surface area contributed by atoms with Crippen LogP contribution in [0.15, 0.2) is 70.6 Å². The Hall–Kier alpha value is -3.91. The Morgan fingerprint density at radius 3 is 2.29 bits per heavy atom. The zero-order valence-corrected chi connectivity index (χ0v) is 23.6. The lowest BCUT2D eigenvalue weighted by Crippen LogP contribution is -3.13. The number of carbonyl (C=O) groups is 4. The van der Waals surface area contributed by atoms with Crippen LogP contribution in [0.3, 0.4) is 0 Å². The van der Waals surface area contributed by atoms with Crippen molar-refractivity contribution in [2.45, 2.75) is 22.6 Å². The minimum absolute atomic E-state index is 0.447. The molecule has 220 valence electrons. The van der Waals surface area contributed by atoms with Crippen molar-refractivity contribution in [3.63, 3.8) is 0 Å². The molecule has 0 aliphatic carbocycles. The van der Waals surface area contributed by atoms with Crippen LogP contribution in [0.5, 0.6) is 0 Å². The van der Waals surface area contributed by atoms with Crippen LogP contribution in [0.2, 0.25) is 5.02 Å². The summed E-state index contributed by atoms with van der Waals surface area (Å²) in [5.41, 5.74) is 1.24. The van der Waals surface area contributed by atoms with Gasteiger partial charge in [0.15, 0.2) is 0 Å². The first-order valence-corrected chi connectivity index (χ1v) is 13.9. The smallest absolute Gasteiger partial charge is 0.328 e. The molecule has 0 radical (unpaired) electrons. The van der Waals surface area contributed by atoms with Gasteiger partial charge in [0, 0.05) is 47.7 Å². The van der Waals surface area contributed by atoms with Crippen molar-refractivity contribution in [3.8, 4) is 0 Å². The van der Waals surface area contributed by atoms with E-state index >= 15 is 0 Å². The monoisotopic (exact) mass is 606 g/mol. The molecule has 0 bridgehead atoms. The van der Waals surface area contributed by atoms with Gasteiger partial charge in [-0.3, -0.25) is 0 Å². The summed E-state index contributed by atoms with van der Waals surface area (Å²) in [6.45, 7) is 7.40. The average Bonchev–Trinajstić information content (AvgIpc) is 3.20. The van der Waals surface area contributed by atoms with E-state index in [1.807, 2.05) is 18.3 Å². The van der Waals surface area contributed by atoms with Gasteiger partial charge >= 0.3 is 11.9 Å². The van der Waals surface area contributed by atoms with E-state index in [0.717, 1.165) is 17.4 Å². The van der Waals surface area contributed by atoms with Gasteiger partial charge in [-0.2, -0.15) is 0 Å². The first kappa shape index (κ1) is 33.3. The molecule has 2 aliphatic heterocycles. The Morgan fingerprint density at radius 1 is 1.00 bits per heavy atom. The number of nitrogens with zero attached hydrogens (tertiary/aromatic N) is 2. The highest BCUT2D eigenvalue weighted by Crippen LogP contribution is 2.47. The number of quaternary nitrogens is 2. The molecule has 5 N–H and O–H groups in total. The van der Waals surface area contributed by atoms with Crippen LogP contribution in [0, 0.1) is 0 Å². The van der Waals surface area contributed by atoms with Crippen molar-refractivity contribution < 1.29 is 49.8 Å². The van der Waals surface area contributed by atoms with Crippen LogP contribution < -0.4 is 25.3 Å². The van der Waals surface area contributed by atoms with Crippen molar-refractivity contribution in [2.75, 3.05) is 44.2 Å². The molecule has 1 saturated heterocycles. The second-order valence-corrected chi connectivity index (χ2v) is 10.3. The van der Waals surface area contributed by atoms with E-state index in [1.165, 1.54) is 61.0 Å². The molecule has 0 saturated carbocycles. The lowest BCUT2D eigenvalue weighted by Gasteiger charge is -2.32. The molecule has 3 heterocycles. The number of rotatable bonds is 8. The number of carboxylic acids is 4. The zero-order chi connectivity index (χ0) is 30.2. The predicted octanol–water partition coefficient (Wildman–Crippen LogP) is -1.67. The minimum Gasteiger partial charge on any atom is -0.545 e. The normalized spacial score (nSPS) is 15.8. The number of hydrogen-bond acceptors (Lipinski definition) is 9. The second-order valence-electron chi connectivity index (χ2n) is 8.75. The molecule has 12 nitrogen and oxygen atoms in total. The zero-order valence-electron chi connectivity index (χ0n) is 22.0. The number of hydrogen-bond donors (Lipinski definition) is 4. The van der Waals surface area contributed by atoms with Crippen LogP contribution in [-0.2, 0) is 19.2 Å². The van der Waals surface area contributed by atoms with Gasteiger partial charge in [-0.05, 0) is 42.5 Å². The third kappa shape index (κ3) is 12.9. The number of aromatic nitrogens is 1. The number of anilines is 2. The third-order valence-electron chi connectivity index (χ3n) is 5.72.